The largest absolute Gasteiger partial charge is 0.309 e. The number of hydrogen-bond donors (Lipinski definition) is 0. The lowest BCUT2D eigenvalue weighted by molar-refractivity contribution is 1.18. The van der Waals surface area contributed by atoms with Gasteiger partial charge in [0.05, 0.1) is 11.0 Å². The molecule has 1 heterocycles. The lowest BCUT2D eigenvalue weighted by atomic mass is 9.94. The second kappa shape index (κ2) is 12.0. The smallest absolute Gasteiger partial charge is 0.0541 e. The molecule has 0 aliphatic carbocycles. The molecule has 0 bridgehead atoms. The minimum absolute atomic E-state index is 1.16. The average Bonchev–Trinajstić information content (AvgIpc) is 3.54. The van der Waals surface area contributed by atoms with E-state index in [1.54, 1.807) is 0 Å². The van der Waals surface area contributed by atoms with Crippen molar-refractivity contribution >= 4 is 43.4 Å². The van der Waals surface area contributed by atoms with Gasteiger partial charge in [0.25, 0.3) is 0 Å². The van der Waals surface area contributed by atoms with E-state index in [0.717, 1.165) is 5.69 Å². The highest BCUT2D eigenvalue weighted by molar-refractivity contribution is 6.12. The van der Waals surface area contributed by atoms with Gasteiger partial charge in [-0.1, -0.05) is 152 Å². The number of benzene rings is 9. The van der Waals surface area contributed by atoms with Gasteiger partial charge in [0, 0.05) is 16.5 Å². The molecule has 1 aromatic heterocycles. The van der Waals surface area contributed by atoms with Gasteiger partial charge in [-0.15, -0.1) is 0 Å². The number of nitrogens with zero attached hydrogens (tertiary/aromatic N) is 1. The zero-order valence-electron chi connectivity index (χ0n) is 28.0. The number of para-hydroxylation sites is 1. The van der Waals surface area contributed by atoms with Crippen molar-refractivity contribution in [2.75, 3.05) is 0 Å². The van der Waals surface area contributed by atoms with Crippen LogP contribution in [0.3, 0.4) is 0 Å². The zero-order valence-corrected chi connectivity index (χ0v) is 28.0. The Labute approximate surface area is 297 Å². The number of aromatic nitrogens is 1. The summed E-state index contributed by atoms with van der Waals surface area (Å²) in [5.41, 5.74) is 13.4. The zero-order chi connectivity index (χ0) is 33.7. The van der Waals surface area contributed by atoms with Crippen LogP contribution >= 0.6 is 0 Å². The van der Waals surface area contributed by atoms with Crippen LogP contribution in [0.4, 0.5) is 0 Å². The second-order valence-corrected chi connectivity index (χ2v) is 13.3. The molecule has 0 unspecified atom stereocenters. The van der Waals surface area contributed by atoms with Crippen LogP contribution < -0.4 is 0 Å². The molecule has 0 N–H and O–H groups in total. The molecule has 10 aromatic rings. The van der Waals surface area contributed by atoms with E-state index < -0.39 is 0 Å². The SMILES string of the molecule is c1ccc(-n2c3ccc(-c4cccc(-c5cccc6ccccc56)c4)cc3c3cc(-c4cccc(-c5cccc6ccccc56)c4)ccc32)cc1. The molecule has 51 heavy (non-hydrogen) atoms. The summed E-state index contributed by atoms with van der Waals surface area (Å²) in [6.45, 7) is 0. The standard InChI is InChI=1S/C50H33N/c1-2-20-42(21-3-1)51-49-28-26-38(36-16-8-18-40(30-36)45-24-10-14-34-12-4-6-22-43(34)45)32-47(49)48-33-39(27-29-50(48)51)37-17-9-19-41(31-37)46-25-11-15-35-13-5-7-23-44(35)46/h1-33H. The fourth-order valence-electron chi connectivity index (χ4n) is 7.92. The first-order valence-corrected chi connectivity index (χ1v) is 17.6. The molecule has 1 nitrogen and oxygen atoms in total. The average molecular weight is 648 g/mol. The van der Waals surface area contributed by atoms with Crippen LogP contribution in [0.15, 0.2) is 200 Å². The first-order valence-electron chi connectivity index (χ1n) is 17.6. The fourth-order valence-corrected chi connectivity index (χ4v) is 7.92. The highest BCUT2D eigenvalue weighted by Gasteiger charge is 2.16. The lowest BCUT2D eigenvalue weighted by Crippen LogP contribution is -1.93. The van der Waals surface area contributed by atoms with E-state index in [1.807, 2.05) is 0 Å². The van der Waals surface area contributed by atoms with Crippen LogP contribution in [0, 0.1) is 0 Å². The molecule has 238 valence electrons. The van der Waals surface area contributed by atoms with Crippen molar-refractivity contribution < 1.29 is 0 Å². The Morgan fingerprint density at radius 1 is 0.255 bits per heavy atom. The van der Waals surface area contributed by atoms with E-state index in [2.05, 4.69) is 205 Å². The summed E-state index contributed by atoms with van der Waals surface area (Å²) in [6.07, 6.45) is 0. The van der Waals surface area contributed by atoms with Crippen LogP contribution in [-0.4, -0.2) is 4.57 Å². The minimum Gasteiger partial charge on any atom is -0.309 e. The summed E-state index contributed by atoms with van der Waals surface area (Å²) >= 11 is 0. The van der Waals surface area contributed by atoms with E-state index >= 15 is 0 Å². The highest BCUT2D eigenvalue weighted by Crippen LogP contribution is 2.39. The van der Waals surface area contributed by atoms with Gasteiger partial charge in [-0.2, -0.15) is 0 Å². The lowest BCUT2D eigenvalue weighted by Gasteiger charge is -2.10. The van der Waals surface area contributed by atoms with E-state index in [0.29, 0.717) is 0 Å². The van der Waals surface area contributed by atoms with E-state index in [1.165, 1.54) is 87.9 Å². The van der Waals surface area contributed by atoms with E-state index in [-0.39, 0.29) is 0 Å². The summed E-state index contributed by atoms with van der Waals surface area (Å²) in [7, 11) is 0. The van der Waals surface area contributed by atoms with Crippen molar-refractivity contribution in [3.05, 3.63) is 200 Å². The molecule has 0 radical (unpaired) electrons. The predicted octanol–water partition coefficient (Wildman–Crippen LogP) is 13.8. The van der Waals surface area contributed by atoms with Gasteiger partial charge in [-0.05, 0) is 115 Å². The topological polar surface area (TPSA) is 4.93 Å². The first-order chi connectivity index (χ1) is 25.3. The van der Waals surface area contributed by atoms with Crippen molar-refractivity contribution in [1.82, 2.24) is 4.57 Å². The Morgan fingerprint density at radius 3 is 1.20 bits per heavy atom. The van der Waals surface area contributed by atoms with Crippen LogP contribution in [-0.2, 0) is 0 Å². The number of fused-ring (bicyclic) bond motifs is 5. The van der Waals surface area contributed by atoms with Crippen LogP contribution in [0.2, 0.25) is 0 Å². The Morgan fingerprint density at radius 2 is 0.667 bits per heavy atom. The van der Waals surface area contributed by atoms with Crippen molar-refractivity contribution in [3.8, 4) is 50.2 Å². The van der Waals surface area contributed by atoms with E-state index in [9.17, 15) is 0 Å². The van der Waals surface area contributed by atoms with Crippen molar-refractivity contribution in [2.24, 2.45) is 0 Å². The summed E-state index contributed by atoms with van der Waals surface area (Å²) in [5.74, 6) is 0. The molecule has 0 atom stereocenters. The van der Waals surface area contributed by atoms with Crippen LogP contribution in [0.5, 0.6) is 0 Å². The summed E-state index contributed by atoms with van der Waals surface area (Å²) in [6, 6.07) is 73.0. The Bertz CT molecular complexity index is 2720. The highest BCUT2D eigenvalue weighted by atomic mass is 15.0. The minimum atomic E-state index is 1.16. The quantitative estimate of drug-likeness (QED) is 0.175. The van der Waals surface area contributed by atoms with Gasteiger partial charge < -0.3 is 4.57 Å². The molecular formula is C50H33N. The second-order valence-electron chi connectivity index (χ2n) is 13.3. The molecule has 0 saturated heterocycles. The van der Waals surface area contributed by atoms with Gasteiger partial charge in [-0.25, -0.2) is 0 Å². The third-order valence-electron chi connectivity index (χ3n) is 10.4. The van der Waals surface area contributed by atoms with Crippen molar-refractivity contribution in [3.63, 3.8) is 0 Å². The normalized spacial score (nSPS) is 11.5. The van der Waals surface area contributed by atoms with Gasteiger partial charge >= 0.3 is 0 Å². The van der Waals surface area contributed by atoms with Gasteiger partial charge in [-0.3, -0.25) is 0 Å². The fraction of sp³-hybridized carbons (Fsp3) is 0. The van der Waals surface area contributed by atoms with Crippen molar-refractivity contribution in [2.45, 2.75) is 0 Å². The summed E-state index contributed by atoms with van der Waals surface area (Å²) < 4.78 is 2.40. The third kappa shape index (κ3) is 5.02. The number of rotatable bonds is 5. The van der Waals surface area contributed by atoms with Crippen molar-refractivity contribution in [1.29, 1.82) is 0 Å². The third-order valence-corrected chi connectivity index (χ3v) is 10.4. The molecule has 0 aliphatic heterocycles. The molecule has 0 fully saturated rings. The monoisotopic (exact) mass is 647 g/mol. The molecule has 9 aromatic carbocycles. The predicted molar refractivity (Wildman–Crippen MR) is 218 cm³/mol. The first kappa shape index (κ1) is 29.2. The molecule has 1 heteroatoms. The Kier molecular flexibility index (Phi) is 6.89. The van der Waals surface area contributed by atoms with Gasteiger partial charge in [0.1, 0.15) is 0 Å². The Balaban J connectivity index is 1.14. The van der Waals surface area contributed by atoms with E-state index in [4.69, 9.17) is 0 Å². The maximum absolute atomic E-state index is 2.40. The molecular weight excluding hydrogens is 615 g/mol. The summed E-state index contributed by atoms with van der Waals surface area (Å²) in [5, 5.41) is 7.55. The van der Waals surface area contributed by atoms with Crippen LogP contribution in [0.1, 0.15) is 0 Å². The molecule has 0 saturated carbocycles. The Hall–Kier alpha value is -6.70. The van der Waals surface area contributed by atoms with Gasteiger partial charge in [0.15, 0.2) is 0 Å². The maximum Gasteiger partial charge on any atom is 0.0541 e. The summed E-state index contributed by atoms with van der Waals surface area (Å²) in [4.78, 5) is 0. The van der Waals surface area contributed by atoms with Gasteiger partial charge in [0.2, 0.25) is 0 Å². The number of hydrogen-bond acceptors (Lipinski definition) is 0. The molecule has 0 aliphatic rings. The molecule has 0 amide bonds. The molecule has 0 spiro atoms. The maximum atomic E-state index is 2.40. The van der Waals surface area contributed by atoms with Crippen LogP contribution in [0.25, 0.3) is 93.5 Å². The molecule has 10 rings (SSSR count).